The fraction of sp³-hybridized carbons (Fsp3) is 0.222. The Morgan fingerprint density at radius 1 is 1.67 bits per heavy atom. The minimum absolute atomic E-state index is 0.476. The topological polar surface area (TPSA) is 41.5 Å². The highest BCUT2D eigenvalue weighted by molar-refractivity contribution is 8.22. The van der Waals surface area contributed by atoms with E-state index < -0.39 is 7.12 Å². The monoisotopic (exact) mass is 239 g/mol. The van der Waals surface area contributed by atoms with Gasteiger partial charge in [-0.1, -0.05) is 18.3 Å². The molecule has 15 heavy (non-hydrogen) atoms. The molecule has 0 radical (unpaired) electrons. The summed E-state index contributed by atoms with van der Waals surface area (Å²) in [5.74, 6) is 0. The largest absolute Gasteiger partial charge is 0.491 e. The molecule has 1 aliphatic rings. The van der Waals surface area contributed by atoms with Gasteiger partial charge in [-0.15, -0.1) is 11.8 Å². The van der Waals surface area contributed by atoms with Gasteiger partial charge in [-0.25, -0.2) is 0 Å². The van der Waals surface area contributed by atoms with Gasteiger partial charge < -0.3 is 15.0 Å². The third-order valence-electron chi connectivity index (χ3n) is 2.24. The van der Waals surface area contributed by atoms with Crippen LogP contribution in [0.2, 0.25) is 0 Å². The molecule has 3 nitrogen and oxygen atoms in total. The number of thiocarbonyl (C=S) groups is 1. The van der Waals surface area contributed by atoms with Crippen molar-refractivity contribution in [1.82, 2.24) is 0 Å². The highest BCUT2D eigenvalue weighted by Crippen LogP contribution is 2.15. The lowest BCUT2D eigenvalue weighted by molar-refractivity contribution is 0.275. The number of hydrogen-bond acceptors (Lipinski definition) is 4. The molecule has 1 aromatic rings. The summed E-state index contributed by atoms with van der Waals surface area (Å²) in [6.45, 7) is 0.476. The Hall–Kier alpha value is -0.555. The van der Waals surface area contributed by atoms with Gasteiger partial charge in [0.2, 0.25) is 0 Å². The summed E-state index contributed by atoms with van der Waals surface area (Å²) in [4.78, 5) is 0. The summed E-state index contributed by atoms with van der Waals surface area (Å²) in [7, 11) is -0.801. The molecule has 0 saturated heterocycles. The molecule has 0 spiro atoms. The third kappa shape index (κ3) is 2.34. The summed E-state index contributed by atoms with van der Waals surface area (Å²) < 4.78 is 5.81. The van der Waals surface area contributed by atoms with Crippen LogP contribution in [0.4, 0.5) is 5.69 Å². The minimum atomic E-state index is -0.801. The van der Waals surface area contributed by atoms with Crippen molar-refractivity contribution in [3.63, 3.8) is 0 Å². The molecule has 6 heteroatoms. The van der Waals surface area contributed by atoms with Crippen LogP contribution in [0.3, 0.4) is 0 Å². The van der Waals surface area contributed by atoms with Gasteiger partial charge in [-0.2, -0.15) is 0 Å². The lowest BCUT2D eigenvalue weighted by atomic mass is 9.79. The first-order valence-electron chi connectivity index (χ1n) is 4.48. The van der Waals surface area contributed by atoms with Crippen LogP contribution in [0.1, 0.15) is 5.56 Å². The first-order valence-corrected chi connectivity index (χ1v) is 6.11. The van der Waals surface area contributed by atoms with Crippen LogP contribution in [0.25, 0.3) is 0 Å². The van der Waals surface area contributed by atoms with Crippen LogP contribution < -0.4 is 10.8 Å². The van der Waals surface area contributed by atoms with E-state index in [0.29, 0.717) is 10.9 Å². The molecular weight excluding hydrogens is 229 g/mol. The van der Waals surface area contributed by atoms with E-state index >= 15 is 0 Å². The smallest absolute Gasteiger partial charge is 0.423 e. The number of thioether (sulfide) groups is 1. The van der Waals surface area contributed by atoms with Gasteiger partial charge in [0, 0.05) is 5.69 Å². The number of fused-ring (bicyclic) bond motifs is 1. The van der Waals surface area contributed by atoms with E-state index in [2.05, 4.69) is 5.32 Å². The van der Waals surface area contributed by atoms with Crippen LogP contribution >= 0.6 is 24.0 Å². The second kappa shape index (κ2) is 4.53. The average molecular weight is 239 g/mol. The number of rotatable bonds is 1. The van der Waals surface area contributed by atoms with Gasteiger partial charge >= 0.3 is 7.12 Å². The fourth-order valence-electron chi connectivity index (χ4n) is 1.46. The summed E-state index contributed by atoms with van der Waals surface area (Å²) >= 11 is 6.53. The van der Waals surface area contributed by atoms with Gasteiger partial charge in [0.05, 0.1) is 6.61 Å². The van der Waals surface area contributed by atoms with Crippen molar-refractivity contribution >= 4 is 46.6 Å². The van der Waals surface area contributed by atoms with E-state index in [9.17, 15) is 5.02 Å². The number of anilines is 1. The first-order chi connectivity index (χ1) is 7.20. The number of nitrogens with one attached hydrogen (secondary N) is 1. The molecule has 1 aliphatic heterocycles. The van der Waals surface area contributed by atoms with E-state index in [1.807, 2.05) is 24.5 Å². The standard InChI is InChI=1S/C9H10BNO2S2/c1-15-9(14)11-7-3-2-6-5-13-10(12)8(6)4-7/h2-4,12H,5H2,1H3,(H,11,14). The maximum Gasteiger partial charge on any atom is 0.491 e. The summed E-state index contributed by atoms with van der Waals surface area (Å²) in [5, 5.41) is 12.6. The van der Waals surface area contributed by atoms with E-state index in [0.717, 1.165) is 16.7 Å². The van der Waals surface area contributed by atoms with Crippen molar-refractivity contribution in [2.45, 2.75) is 6.61 Å². The van der Waals surface area contributed by atoms with Gasteiger partial charge in [0.15, 0.2) is 0 Å². The molecule has 0 saturated carbocycles. The Bertz CT molecular complexity index is 400. The van der Waals surface area contributed by atoms with Crippen molar-refractivity contribution in [3.8, 4) is 0 Å². The molecule has 1 heterocycles. The number of hydrogen-bond donors (Lipinski definition) is 2. The second-order valence-electron chi connectivity index (χ2n) is 3.19. The molecule has 0 unspecified atom stereocenters. The van der Waals surface area contributed by atoms with Crippen LogP contribution in [0, 0.1) is 0 Å². The second-order valence-corrected chi connectivity index (χ2v) is 4.68. The highest BCUT2D eigenvalue weighted by atomic mass is 32.2. The van der Waals surface area contributed by atoms with Crippen molar-refractivity contribution in [1.29, 1.82) is 0 Å². The molecule has 0 bridgehead atoms. The Kier molecular flexibility index (Phi) is 3.30. The zero-order valence-corrected chi connectivity index (χ0v) is 9.82. The van der Waals surface area contributed by atoms with E-state index in [4.69, 9.17) is 16.9 Å². The SMILES string of the molecule is CSC(=S)Nc1ccc2c(c1)B(O)OC2. The minimum Gasteiger partial charge on any atom is -0.423 e. The molecule has 0 aliphatic carbocycles. The normalized spacial score (nSPS) is 13.9. The molecule has 2 rings (SSSR count). The van der Waals surface area contributed by atoms with Crippen LogP contribution in [0.5, 0.6) is 0 Å². The van der Waals surface area contributed by atoms with Gasteiger partial charge in [-0.05, 0) is 29.4 Å². The van der Waals surface area contributed by atoms with Gasteiger partial charge in [-0.3, -0.25) is 0 Å². The lowest BCUT2D eigenvalue weighted by Gasteiger charge is -2.07. The lowest BCUT2D eigenvalue weighted by Crippen LogP contribution is -2.28. The van der Waals surface area contributed by atoms with Gasteiger partial charge in [0.1, 0.15) is 4.32 Å². The van der Waals surface area contributed by atoms with Crippen LogP contribution in [-0.4, -0.2) is 22.7 Å². The molecule has 0 fully saturated rings. The molecule has 1 aromatic carbocycles. The Labute approximate surface area is 98.4 Å². The van der Waals surface area contributed by atoms with Gasteiger partial charge in [0.25, 0.3) is 0 Å². The maximum absolute atomic E-state index is 9.51. The van der Waals surface area contributed by atoms with E-state index in [1.54, 1.807) is 0 Å². The molecular formula is C9H10BNO2S2. The quantitative estimate of drug-likeness (QED) is 0.564. The molecule has 78 valence electrons. The highest BCUT2D eigenvalue weighted by Gasteiger charge is 2.27. The predicted octanol–water partition coefficient (Wildman–Crippen LogP) is 0.964. The fourth-order valence-corrected chi connectivity index (χ4v) is 1.80. The Morgan fingerprint density at radius 3 is 3.20 bits per heavy atom. The molecule has 2 N–H and O–H groups in total. The predicted molar refractivity (Wildman–Crippen MR) is 68.6 cm³/mol. The average Bonchev–Trinajstić information content (AvgIpc) is 2.60. The Morgan fingerprint density at radius 2 is 2.47 bits per heavy atom. The molecule has 0 amide bonds. The summed E-state index contributed by atoms with van der Waals surface area (Å²) in [6.07, 6.45) is 1.92. The zero-order chi connectivity index (χ0) is 10.8. The van der Waals surface area contributed by atoms with Crippen molar-refractivity contribution < 1.29 is 9.68 Å². The van der Waals surface area contributed by atoms with Crippen molar-refractivity contribution in [2.24, 2.45) is 0 Å². The van der Waals surface area contributed by atoms with Crippen molar-refractivity contribution in [3.05, 3.63) is 23.8 Å². The van der Waals surface area contributed by atoms with Crippen LogP contribution in [-0.2, 0) is 11.3 Å². The molecule has 0 aromatic heterocycles. The Balaban J connectivity index is 2.21. The van der Waals surface area contributed by atoms with E-state index in [1.165, 1.54) is 11.8 Å². The number of benzene rings is 1. The first kappa shape index (κ1) is 10.9. The zero-order valence-electron chi connectivity index (χ0n) is 8.19. The summed E-state index contributed by atoms with van der Waals surface area (Å²) in [6, 6.07) is 5.75. The summed E-state index contributed by atoms with van der Waals surface area (Å²) in [5.41, 5.74) is 2.74. The van der Waals surface area contributed by atoms with E-state index in [-0.39, 0.29) is 0 Å². The third-order valence-corrected chi connectivity index (χ3v) is 3.32. The van der Waals surface area contributed by atoms with Crippen LogP contribution in [0.15, 0.2) is 18.2 Å². The maximum atomic E-state index is 9.51. The van der Waals surface area contributed by atoms with Crippen molar-refractivity contribution in [2.75, 3.05) is 11.6 Å². The molecule has 0 atom stereocenters.